The second-order valence-electron chi connectivity index (χ2n) is 6.30. The van der Waals surface area contributed by atoms with Crippen LogP contribution < -0.4 is 10.2 Å². The number of fused-ring (bicyclic) bond motifs is 1. The number of carbonyl (C=O) groups is 3. The van der Waals surface area contributed by atoms with Crippen LogP contribution in [0, 0.1) is 10.1 Å². The van der Waals surface area contributed by atoms with E-state index in [2.05, 4.69) is 5.32 Å². The van der Waals surface area contributed by atoms with Gasteiger partial charge in [-0.1, -0.05) is 42.5 Å². The van der Waals surface area contributed by atoms with Gasteiger partial charge in [-0.15, -0.1) is 0 Å². The van der Waals surface area contributed by atoms with Gasteiger partial charge in [-0.05, 0) is 34.5 Å². The van der Waals surface area contributed by atoms with E-state index >= 15 is 0 Å². The molecule has 1 fully saturated rings. The number of hydrogen-bond donors (Lipinski definition) is 1. The average Bonchev–Trinajstić information content (AvgIpc) is 2.71. The van der Waals surface area contributed by atoms with Crippen LogP contribution in [0.4, 0.5) is 16.2 Å². The van der Waals surface area contributed by atoms with Crippen LogP contribution in [-0.4, -0.2) is 22.8 Å². The number of rotatable bonds is 3. The van der Waals surface area contributed by atoms with E-state index in [1.165, 1.54) is 30.3 Å². The number of nitrogens with one attached hydrogen (secondary N) is 1. The first kappa shape index (κ1) is 18.1. The fraction of sp³-hybridized carbons (Fsp3) is 0. The zero-order chi connectivity index (χ0) is 20.5. The molecule has 0 radical (unpaired) electrons. The lowest BCUT2D eigenvalue weighted by molar-refractivity contribution is -0.384. The van der Waals surface area contributed by atoms with Crippen molar-refractivity contribution in [3.63, 3.8) is 0 Å². The quantitative estimate of drug-likeness (QED) is 0.320. The summed E-state index contributed by atoms with van der Waals surface area (Å²) in [6.45, 7) is 0. The summed E-state index contributed by atoms with van der Waals surface area (Å²) in [5.74, 6) is -1.60. The number of anilines is 1. The highest BCUT2D eigenvalue weighted by atomic mass is 16.6. The van der Waals surface area contributed by atoms with Gasteiger partial charge in [0.05, 0.1) is 10.6 Å². The van der Waals surface area contributed by atoms with Gasteiger partial charge in [-0.3, -0.25) is 25.0 Å². The number of non-ortho nitro benzene ring substituents is 1. The molecule has 1 heterocycles. The number of nitro benzene ring substituents is 1. The van der Waals surface area contributed by atoms with Gasteiger partial charge in [0, 0.05) is 12.1 Å². The number of barbiturate groups is 1. The molecular formula is C21H13N3O5. The smallest absolute Gasteiger partial charge is 0.273 e. The number of nitrogens with zero attached hydrogens (tertiary/aromatic N) is 2. The van der Waals surface area contributed by atoms with Crippen LogP contribution in [0.5, 0.6) is 0 Å². The highest BCUT2D eigenvalue weighted by Crippen LogP contribution is 2.26. The number of imide groups is 2. The Bertz CT molecular complexity index is 1210. The summed E-state index contributed by atoms with van der Waals surface area (Å²) >= 11 is 0. The summed E-state index contributed by atoms with van der Waals surface area (Å²) < 4.78 is 0. The lowest BCUT2D eigenvalue weighted by Crippen LogP contribution is -2.54. The SMILES string of the molecule is O=C1NC(=O)N(c2ccc([N+](=O)[O-])cc2)C(=O)/C1=C\c1cccc2ccccc12. The number of nitro groups is 1. The van der Waals surface area contributed by atoms with Crippen LogP contribution in [-0.2, 0) is 9.59 Å². The molecule has 142 valence electrons. The summed E-state index contributed by atoms with van der Waals surface area (Å²) in [6.07, 6.45) is 1.44. The topological polar surface area (TPSA) is 110 Å². The second-order valence-corrected chi connectivity index (χ2v) is 6.30. The number of benzene rings is 3. The van der Waals surface area contributed by atoms with Gasteiger partial charge in [0.2, 0.25) is 0 Å². The maximum atomic E-state index is 12.9. The Labute approximate surface area is 164 Å². The van der Waals surface area contributed by atoms with Gasteiger partial charge in [-0.25, -0.2) is 9.69 Å². The Morgan fingerprint density at radius 2 is 1.59 bits per heavy atom. The van der Waals surface area contributed by atoms with Crippen molar-refractivity contribution in [2.75, 3.05) is 4.90 Å². The first-order valence-electron chi connectivity index (χ1n) is 8.59. The molecule has 1 aliphatic heterocycles. The molecule has 8 heteroatoms. The van der Waals surface area contributed by atoms with Crippen LogP contribution in [0.3, 0.4) is 0 Å². The summed E-state index contributed by atoms with van der Waals surface area (Å²) in [6, 6.07) is 17.0. The van der Waals surface area contributed by atoms with Crippen molar-refractivity contribution in [3.05, 3.63) is 88.0 Å². The van der Waals surface area contributed by atoms with E-state index in [9.17, 15) is 24.5 Å². The van der Waals surface area contributed by atoms with Gasteiger partial charge < -0.3 is 0 Å². The van der Waals surface area contributed by atoms with Crippen LogP contribution in [0.15, 0.2) is 72.3 Å². The normalized spacial score (nSPS) is 15.7. The Hall–Kier alpha value is -4.33. The largest absolute Gasteiger partial charge is 0.335 e. The standard InChI is InChI=1S/C21H13N3O5/c25-19-18(12-14-6-3-5-13-4-1-2-7-17(13)14)20(26)23(21(27)22-19)15-8-10-16(11-9-15)24(28)29/h1-12H,(H,22,25,27)/b18-12-. The van der Waals surface area contributed by atoms with Crippen molar-refractivity contribution < 1.29 is 19.3 Å². The van der Waals surface area contributed by atoms with Gasteiger partial charge in [-0.2, -0.15) is 0 Å². The van der Waals surface area contributed by atoms with Crippen molar-refractivity contribution >= 4 is 46.1 Å². The third-order valence-electron chi connectivity index (χ3n) is 4.54. The van der Waals surface area contributed by atoms with Crippen molar-refractivity contribution in [1.82, 2.24) is 5.32 Å². The molecule has 4 rings (SSSR count). The summed E-state index contributed by atoms with van der Waals surface area (Å²) in [5, 5.41) is 14.7. The molecule has 0 atom stereocenters. The third kappa shape index (κ3) is 3.23. The maximum absolute atomic E-state index is 12.9. The molecule has 0 aliphatic carbocycles. The Morgan fingerprint density at radius 3 is 2.31 bits per heavy atom. The van der Waals surface area contributed by atoms with Crippen LogP contribution in [0.1, 0.15) is 5.56 Å². The van der Waals surface area contributed by atoms with Crippen molar-refractivity contribution in [3.8, 4) is 0 Å². The molecule has 1 saturated heterocycles. The number of urea groups is 1. The predicted octanol–water partition coefficient (Wildman–Crippen LogP) is 3.41. The van der Waals surface area contributed by atoms with Crippen LogP contribution in [0.25, 0.3) is 16.8 Å². The highest BCUT2D eigenvalue weighted by molar-refractivity contribution is 6.39. The van der Waals surface area contributed by atoms with Gasteiger partial charge >= 0.3 is 6.03 Å². The molecule has 0 saturated carbocycles. The van der Waals surface area contributed by atoms with Crippen LogP contribution >= 0.6 is 0 Å². The molecule has 3 aromatic carbocycles. The highest BCUT2D eigenvalue weighted by Gasteiger charge is 2.37. The molecule has 0 spiro atoms. The van der Waals surface area contributed by atoms with Crippen molar-refractivity contribution in [2.45, 2.75) is 0 Å². The van der Waals surface area contributed by atoms with E-state index < -0.39 is 22.8 Å². The van der Waals surface area contributed by atoms with Gasteiger partial charge in [0.15, 0.2) is 0 Å². The maximum Gasteiger partial charge on any atom is 0.335 e. The fourth-order valence-corrected chi connectivity index (χ4v) is 3.15. The zero-order valence-corrected chi connectivity index (χ0v) is 14.9. The average molecular weight is 387 g/mol. The summed E-state index contributed by atoms with van der Waals surface area (Å²) in [4.78, 5) is 48.6. The Kier molecular flexibility index (Phi) is 4.36. The van der Waals surface area contributed by atoms with Gasteiger partial charge in [0.1, 0.15) is 5.57 Å². The molecule has 0 bridgehead atoms. The summed E-state index contributed by atoms with van der Waals surface area (Å²) in [7, 11) is 0. The van der Waals surface area contributed by atoms with E-state index in [1.54, 1.807) is 12.1 Å². The second kappa shape index (κ2) is 7.01. The minimum Gasteiger partial charge on any atom is -0.273 e. The third-order valence-corrected chi connectivity index (χ3v) is 4.54. The molecule has 8 nitrogen and oxygen atoms in total. The van der Waals surface area contributed by atoms with Gasteiger partial charge in [0.25, 0.3) is 17.5 Å². The predicted molar refractivity (Wildman–Crippen MR) is 106 cm³/mol. The lowest BCUT2D eigenvalue weighted by atomic mass is 10.0. The van der Waals surface area contributed by atoms with E-state index in [0.717, 1.165) is 15.7 Å². The molecule has 29 heavy (non-hydrogen) atoms. The first-order valence-corrected chi connectivity index (χ1v) is 8.59. The van der Waals surface area contributed by atoms with Crippen LogP contribution in [0.2, 0.25) is 0 Å². The molecule has 1 aliphatic rings. The minimum absolute atomic E-state index is 0.120. The Balaban J connectivity index is 1.77. The molecule has 1 N–H and O–H groups in total. The summed E-state index contributed by atoms with van der Waals surface area (Å²) in [5.41, 5.74) is 0.384. The minimum atomic E-state index is -0.913. The zero-order valence-electron chi connectivity index (χ0n) is 14.9. The number of amides is 4. The number of hydrogen-bond acceptors (Lipinski definition) is 5. The van der Waals surface area contributed by atoms with E-state index in [4.69, 9.17) is 0 Å². The van der Waals surface area contributed by atoms with E-state index in [1.807, 2.05) is 30.3 Å². The molecule has 3 aromatic rings. The lowest BCUT2D eigenvalue weighted by Gasteiger charge is -2.26. The molecule has 4 amide bonds. The number of carbonyl (C=O) groups excluding carboxylic acids is 3. The fourth-order valence-electron chi connectivity index (χ4n) is 3.15. The van der Waals surface area contributed by atoms with E-state index in [0.29, 0.717) is 5.56 Å². The van der Waals surface area contributed by atoms with Crippen molar-refractivity contribution in [2.24, 2.45) is 0 Å². The first-order chi connectivity index (χ1) is 14.0. The van der Waals surface area contributed by atoms with Crippen molar-refractivity contribution in [1.29, 1.82) is 0 Å². The van der Waals surface area contributed by atoms with E-state index in [-0.39, 0.29) is 16.9 Å². The molecular weight excluding hydrogens is 374 g/mol. The molecule has 0 unspecified atom stereocenters. The Morgan fingerprint density at radius 1 is 0.897 bits per heavy atom. The molecule has 0 aromatic heterocycles. The monoisotopic (exact) mass is 387 g/mol.